The van der Waals surface area contributed by atoms with Gasteiger partial charge in [-0.2, -0.15) is 0 Å². The van der Waals surface area contributed by atoms with E-state index in [-0.39, 0.29) is 5.75 Å². The molecule has 1 unspecified atom stereocenters. The minimum Gasteiger partial charge on any atom is -0.390 e. The Morgan fingerprint density at radius 1 is 1.22 bits per heavy atom. The van der Waals surface area contributed by atoms with Crippen LogP contribution in [0.15, 0.2) is 30.3 Å². The molecule has 3 nitrogen and oxygen atoms in total. The molecule has 0 aliphatic heterocycles. The monoisotopic (exact) mass is 270 g/mol. The van der Waals surface area contributed by atoms with Crippen molar-refractivity contribution in [3.8, 4) is 0 Å². The molecule has 0 amide bonds. The molecule has 0 aliphatic carbocycles. The highest BCUT2D eigenvalue weighted by atomic mass is 32.2. The van der Waals surface area contributed by atoms with Gasteiger partial charge in [0.2, 0.25) is 0 Å². The highest BCUT2D eigenvalue weighted by molar-refractivity contribution is 7.90. The lowest BCUT2D eigenvalue weighted by Gasteiger charge is -2.27. The van der Waals surface area contributed by atoms with Crippen LogP contribution in [-0.2, 0) is 16.3 Å². The molecule has 1 N–H and O–H groups in total. The summed E-state index contributed by atoms with van der Waals surface area (Å²) < 4.78 is 22.2. The predicted molar refractivity (Wildman–Crippen MR) is 74.3 cm³/mol. The van der Waals surface area contributed by atoms with Crippen molar-refractivity contribution in [2.45, 2.75) is 38.2 Å². The van der Waals surface area contributed by atoms with E-state index in [4.69, 9.17) is 0 Å². The molecule has 1 atom stereocenters. The lowest BCUT2D eigenvalue weighted by atomic mass is 9.88. The minimum absolute atomic E-state index is 0.143. The molecule has 1 aromatic rings. The molecule has 0 spiro atoms. The largest absolute Gasteiger partial charge is 0.390 e. The Hall–Kier alpha value is -0.870. The summed E-state index contributed by atoms with van der Waals surface area (Å²) in [6.45, 7) is 1.93. The summed E-state index contributed by atoms with van der Waals surface area (Å²) in [6.07, 6.45) is 3.47. The van der Waals surface area contributed by atoms with Crippen LogP contribution in [0.4, 0.5) is 0 Å². The fourth-order valence-corrected chi connectivity index (χ4v) is 2.70. The molecule has 1 rings (SSSR count). The van der Waals surface area contributed by atoms with Crippen LogP contribution in [0, 0.1) is 0 Å². The van der Waals surface area contributed by atoms with E-state index >= 15 is 0 Å². The Labute approximate surface area is 110 Å². The first-order valence-electron chi connectivity index (χ1n) is 6.29. The quantitative estimate of drug-likeness (QED) is 0.826. The number of hydrogen-bond donors (Lipinski definition) is 1. The van der Waals surface area contributed by atoms with Crippen LogP contribution in [0.25, 0.3) is 0 Å². The zero-order valence-electron chi connectivity index (χ0n) is 11.1. The van der Waals surface area contributed by atoms with E-state index < -0.39 is 15.4 Å². The predicted octanol–water partition coefficient (Wildman–Crippen LogP) is 2.20. The molecule has 4 heteroatoms. The van der Waals surface area contributed by atoms with Crippen molar-refractivity contribution in [3.05, 3.63) is 35.9 Å². The molecule has 0 fully saturated rings. The van der Waals surface area contributed by atoms with Gasteiger partial charge in [-0.1, -0.05) is 37.3 Å². The summed E-state index contributed by atoms with van der Waals surface area (Å²) in [6, 6.07) is 9.80. The first-order chi connectivity index (χ1) is 8.35. The van der Waals surface area contributed by atoms with Crippen LogP contribution < -0.4 is 0 Å². The molecule has 0 saturated carbocycles. The number of sulfone groups is 1. The van der Waals surface area contributed by atoms with Gasteiger partial charge in [-0.05, 0) is 24.8 Å². The lowest BCUT2D eigenvalue weighted by molar-refractivity contribution is 0.0273. The summed E-state index contributed by atoms with van der Waals surface area (Å²) in [4.78, 5) is 0. The van der Waals surface area contributed by atoms with Crippen molar-refractivity contribution in [1.29, 1.82) is 0 Å². The average Bonchev–Trinajstić information content (AvgIpc) is 2.28. The van der Waals surface area contributed by atoms with Gasteiger partial charge in [0, 0.05) is 18.4 Å². The number of hydrogen-bond acceptors (Lipinski definition) is 3. The maximum Gasteiger partial charge on any atom is 0.147 e. The Morgan fingerprint density at radius 3 is 2.33 bits per heavy atom. The Kier molecular flexibility index (Phi) is 5.35. The third kappa shape index (κ3) is 5.65. The highest BCUT2D eigenvalue weighted by Gasteiger charge is 2.25. The minimum atomic E-state index is -2.94. The number of benzene rings is 1. The molecular formula is C14H22O3S. The van der Waals surface area contributed by atoms with Gasteiger partial charge in [0.25, 0.3) is 0 Å². The van der Waals surface area contributed by atoms with Gasteiger partial charge in [0.05, 0.1) is 5.60 Å². The van der Waals surface area contributed by atoms with E-state index in [1.54, 1.807) is 0 Å². The molecule has 0 saturated heterocycles. The van der Waals surface area contributed by atoms with E-state index in [9.17, 15) is 13.5 Å². The molecular weight excluding hydrogens is 248 g/mol. The molecule has 0 heterocycles. The molecule has 0 aromatic heterocycles. The topological polar surface area (TPSA) is 54.4 Å². The summed E-state index contributed by atoms with van der Waals surface area (Å²) in [5, 5.41) is 10.5. The third-order valence-corrected chi connectivity index (χ3v) is 4.22. The van der Waals surface area contributed by atoms with Crippen molar-refractivity contribution in [3.63, 3.8) is 0 Å². The van der Waals surface area contributed by atoms with Crippen LogP contribution in [0.3, 0.4) is 0 Å². The maximum atomic E-state index is 11.1. The third-order valence-electron chi connectivity index (χ3n) is 3.19. The second-order valence-electron chi connectivity index (χ2n) is 4.97. The van der Waals surface area contributed by atoms with Crippen LogP contribution in [-0.4, -0.2) is 31.1 Å². The van der Waals surface area contributed by atoms with Gasteiger partial charge in [-0.3, -0.25) is 0 Å². The standard InChI is InChI=1S/C14H22O3S/c1-3-14(15,10-7-11-18(2,16)17)12-13-8-5-4-6-9-13/h4-6,8-9,15H,3,7,10-12H2,1-2H3. The molecule has 18 heavy (non-hydrogen) atoms. The summed E-state index contributed by atoms with van der Waals surface area (Å²) >= 11 is 0. The van der Waals surface area contributed by atoms with Gasteiger partial charge in [-0.15, -0.1) is 0 Å². The zero-order chi connectivity index (χ0) is 13.6. The Morgan fingerprint density at radius 2 is 1.83 bits per heavy atom. The summed E-state index contributed by atoms with van der Waals surface area (Å²) in [7, 11) is -2.94. The van der Waals surface area contributed by atoms with Gasteiger partial charge in [0.1, 0.15) is 9.84 Å². The second-order valence-corrected chi connectivity index (χ2v) is 7.23. The lowest BCUT2D eigenvalue weighted by Crippen LogP contribution is -2.31. The maximum absolute atomic E-state index is 11.1. The second kappa shape index (κ2) is 6.34. The summed E-state index contributed by atoms with van der Waals surface area (Å²) in [5.41, 5.74) is 0.285. The summed E-state index contributed by atoms with van der Waals surface area (Å²) in [5.74, 6) is 0.143. The van der Waals surface area contributed by atoms with Crippen LogP contribution >= 0.6 is 0 Å². The van der Waals surface area contributed by atoms with E-state index in [0.29, 0.717) is 25.7 Å². The Bertz CT molecular complexity index is 453. The molecule has 0 bridgehead atoms. The van der Waals surface area contributed by atoms with E-state index in [2.05, 4.69) is 0 Å². The first kappa shape index (κ1) is 15.2. The zero-order valence-corrected chi connectivity index (χ0v) is 11.9. The van der Waals surface area contributed by atoms with Gasteiger partial charge in [-0.25, -0.2) is 8.42 Å². The van der Waals surface area contributed by atoms with Crippen LogP contribution in [0.5, 0.6) is 0 Å². The van der Waals surface area contributed by atoms with Crippen molar-refractivity contribution >= 4 is 9.84 Å². The molecule has 1 aromatic carbocycles. The van der Waals surface area contributed by atoms with Gasteiger partial charge < -0.3 is 5.11 Å². The SMILES string of the molecule is CCC(O)(CCCS(C)(=O)=O)Cc1ccccc1. The number of aliphatic hydroxyl groups is 1. The molecule has 0 radical (unpaired) electrons. The molecule has 102 valence electrons. The fourth-order valence-electron chi connectivity index (χ4n) is 2.03. The van der Waals surface area contributed by atoms with Crippen molar-refractivity contribution in [1.82, 2.24) is 0 Å². The van der Waals surface area contributed by atoms with E-state index in [0.717, 1.165) is 5.56 Å². The van der Waals surface area contributed by atoms with Gasteiger partial charge in [0.15, 0.2) is 0 Å². The Balaban J connectivity index is 2.57. The van der Waals surface area contributed by atoms with E-state index in [1.807, 2.05) is 37.3 Å². The van der Waals surface area contributed by atoms with Gasteiger partial charge >= 0.3 is 0 Å². The van der Waals surface area contributed by atoms with Crippen molar-refractivity contribution in [2.75, 3.05) is 12.0 Å². The normalized spacial score (nSPS) is 15.3. The fraction of sp³-hybridized carbons (Fsp3) is 0.571. The van der Waals surface area contributed by atoms with Crippen LogP contribution in [0.2, 0.25) is 0 Å². The first-order valence-corrected chi connectivity index (χ1v) is 8.35. The number of rotatable bonds is 7. The van der Waals surface area contributed by atoms with Crippen molar-refractivity contribution in [2.24, 2.45) is 0 Å². The smallest absolute Gasteiger partial charge is 0.147 e. The average molecular weight is 270 g/mol. The highest BCUT2D eigenvalue weighted by Crippen LogP contribution is 2.23. The van der Waals surface area contributed by atoms with Crippen molar-refractivity contribution < 1.29 is 13.5 Å². The van der Waals surface area contributed by atoms with Crippen LogP contribution in [0.1, 0.15) is 31.7 Å². The molecule has 0 aliphatic rings. The van der Waals surface area contributed by atoms with E-state index in [1.165, 1.54) is 6.26 Å².